The van der Waals surface area contributed by atoms with Gasteiger partial charge in [0.15, 0.2) is 18.0 Å². The lowest BCUT2D eigenvalue weighted by atomic mass is 10.1. The summed E-state index contributed by atoms with van der Waals surface area (Å²) >= 11 is 0. The molecule has 2 aromatic heterocycles. The predicted octanol–water partition coefficient (Wildman–Crippen LogP) is 2.67. The third-order valence-corrected chi connectivity index (χ3v) is 2.88. The van der Waals surface area contributed by atoms with Crippen LogP contribution in [0.4, 0.5) is 0 Å². The van der Waals surface area contributed by atoms with E-state index in [0.717, 1.165) is 23.7 Å². The van der Waals surface area contributed by atoms with Crippen molar-refractivity contribution in [2.75, 3.05) is 0 Å². The summed E-state index contributed by atoms with van der Waals surface area (Å²) in [7, 11) is 1.94. The summed E-state index contributed by atoms with van der Waals surface area (Å²) in [5, 5.41) is 0. The highest BCUT2D eigenvalue weighted by Crippen LogP contribution is 2.22. The number of benzene rings is 1. The first-order valence-electron chi connectivity index (χ1n) is 5.78. The quantitative estimate of drug-likeness (QED) is 0.705. The molecule has 0 spiro atoms. The fourth-order valence-electron chi connectivity index (χ4n) is 1.95. The zero-order valence-corrected chi connectivity index (χ0v) is 10.1. The maximum Gasteiger partial charge on any atom is 0.193 e. The van der Waals surface area contributed by atoms with Gasteiger partial charge in [-0.1, -0.05) is 30.3 Å². The predicted molar refractivity (Wildman–Crippen MR) is 68.0 cm³/mol. The fraction of sp³-hybridized carbons (Fsp3) is 0.143. The smallest absolute Gasteiger partial charge is 0.193 e. The average molecular weight is 239 g/mol. The van der Waals surface area contributed by atoms with Crippen molar-refractivity contribution in [3.8, 4) is 11.6 Å². The minimum absolute atomic E-state index is 0.742. The monoisotopic (exact) mass is 239 g/mol. The Morgan fingerprint density at radius 2 is 2.00 bits per heavy atom. The number of hydrogen-bond acceptors (Lipinski definition) is 3. The molecule has 0 atom stereocenters. The lowest BCUT2D eigenvalue weighted by Gasteiger charge is -2.01. The molecule has 4 nitrogen and oxygen atoms in total. The lowest BCUT2D eigenvalue weighted by Crippen LogP contribution is -1.95. The van der Waals surface area contributed by atoms with Crippen molar-refractivity contribution in [2.24, 2.45) is 7.05 Å². The van der Waals surface area contributed by atoms with E-state index in [1.807, 2.05) is 36.0 Å². The van der Waals surface area contributed by atoms with Gasteiger partial charge < -0.3 is 8.98 Å². The number of rotatable bonds is 3. The molecule has 0 bridgehead atoms. The largest absolute Gasteiger partial charge is 0.440 e. The molecule has 2 heterocycles. The molecule has 0 aliphatic heterocycles. The van der Waals surface area contributed by atoms with Gasteiger partial charge in [-0.2, -0.15) is 0 Å². The zero-order chi connectivity index (χ0) is 12.4. The van der Waals surface area contributed by atoms with E-state index in [0.29, 0.717) is 0 Å². The van der Waals surface area contributed by atoms with E-state index in [4.69, 9.17) is 4.42 Å². The van der Waals surface area contributed by atoms with Crippen molar-refractivity contribution < 1.29 is 4.42 Å². The molecule has 0 saturated carbocycles. The number of nitrogens with zero attached hydrogens (tertiary/aromatic N) is 3. The van der Waals surface area contributed by atoms with E-state index in [-0.39, 0.29) is 0 Å². The molecule has 3 rings (SSSR count). The zero-order valence-electron chi connectivity index (χ0n) is 10.1. The Morgan fingerprint density at radius 3 is 2.72 bits per heavy atom. The van der Waals surface area contributed by atoms with E-state index >= 15 is 0 Å². The molecular weight excluding hydrogens is 226 g/mol. The molecule has 4 heteroatoms. The molecule has 0 saturated heterocycles. The second-order valence-electron chi connectivity index (χ2n) is 4.15. The summed E-state index contributed by atoms with van der Waals surface area (Å²) in [6.07, 6.45) is 5.87. The van der Waals surface area contributed by atoms with E-state index in [2.05, 4.69) is 22.1 Å². The van der Waals surface area contributed by atoms with Crippen LogP contribution in [0.15, 0.2) is 53.5 Å². The van der Waals surface area contributed by atoms with E-state index in [1.165, 1.54) is 12.0 Å². The second-order valence-corrected chi connectivity index (χ2v) is 4.15. The topological polar surface area (TPSA) is 43.9 Å². The van der Waals surface area contributed by atoms with Crippen molar-refractivity contribution in [1.29, 1.82) is 0 Å². The van der Waals surface area contributed by atoms with Crippen LogP contribution in [0.3, 0.4) is 0 Å². The third-order valence-electron chi connectivity index (χ3n) is 2.88. The molecule has 0 fully saturated rings. The Bertz CT molecular complexity index is 640. The maximum atomic E-state index is 5.47. The SMILES string of the molecule is Cn1ccnc1-c1ocnc1Cc1ccccc1. The van der Waals surface area contributed by atoms with Gasteiger partial charge in [0.2, 0.25) is 0 Å². The highest BCUT2D eigenvalue weighted by atomic mass is 16.3. The van der Waals surface area contributed by atoms with Gasteiger partial charge in [-0.05, 0) is 5.56 Å². The lowest BCUT2D eigenvalue weighted by molar-refractivity contribution is 0.563. The summed E-state index contributed by atoms with van der Waals surface area (Å²) in [5.74, 6) is 1.55. The molecule has 0 radical (unpaired) electrons. The molecule has 3 aromatic rings. The van der Waals surface area contributed by atoms with Gasteiger partial charge >= 0.3 is 0 Å². The Labute approximate surface area is 105 Å². The van der Waals surface area contributed by atoms with E-state index in [9.17, 15) is 0 Å². The molecule has 18 heavy (non-hydrogen) atoms. The van der Waals surface area contributed by atoms with Gasteiger partial charge in [0.1, 0.15) is 0 Å². The number of oxazole rings is 1. The van der Waals surface area contributed by atoms with Crippen molar-refractivity contribution in [2.45, 2.75) is 6.42 Å². The Kier molecular flexibility index (Phi) is 2.68. The minimum Gasteiger partial charge on any atom is -0.440 e. The van der Waals surface area contributed by atoms with E-state index < -0.39 is 0 Å². The second kappa shape index (κ2) is 4.49. The van der Waals surface area contributed by atoms with Crippen molar-refractivity contribution >= 4 is 0 Å². The maximum absolute atomic E-state index is 5.47. The number of hydrogen-bond donors (Lipinski definition) is 0. The summed E-state index contributed by atoms with van der Waals surface area (Å²) in [6.45, 7) is 0. The van der Waals surface area contributed by atoms with Crippen molar-refractivity contribution in [3.05, 3.63) is 60.4 Å². The molecule has 0 N–H and O–H groups in total. The first-order valence-corrected chi connectivity index (χ1v) is 5.78. The van der Waals surface area contributed by atoms with Gasteiger partial charge in [-0.3, -0.25) is 0 Å². The standard InChI is InChI=1S/C14H13N3O/c1-17-8-7-15-14(17)13-12(16-10-18-13)9-11-5-3-2-4-6-11/h2-8,10H,9H2,1H3. The average Bonchev–Trinajstić information content (AvgIpc) is 2.99. The van der Waals surface area contributed by atoms with Crippen LogP contribution >= 0.6 is 0 Å². The first kappa shape index (κ1) is 10.8. The summed E-state index contributed by atoms with van der Waals surface area (Å²) in [4.78, 5) is 8.58. The Hall–Kier alpha value is -2.36. The van der Waals surface area contributed by atoms with Gasteiger partial charge in [-0.25, -0.2) is 9.97 Å². The molecule has 0 aliphatic rings. The Balaban J connectivity index is 1.96. The van der Waals surface area contributed by atoms with Crippen molar-refractivity contribution in [1.82, 2.24) is 14.5 Å². The third kappa shape index (κ3) is 1.93. The fourth-order valence-corrected chi connectivity index (χ4v) is 1.95. The van der Waals surface area contributed by atoms with Crippen LogP contribution in [0.2, 0.25) is 0 Å². The van der Waals surface area contributed by atoms with Crippen LogP contribution in [0.5, 0.6) is 0 Å². The highest BCUT2D eigenvalue weighted by Gasteiger charge is 2.14. The van der Waals surface area contributed by atoms with Gasteiger partial charge in [0, 0.05) is 25.9 Å². The number of aromatic nitrogens is 3. The molecular formula is C14H13N3O. The first-order chi connectivity index (χ1) is 8.84. The number of aryl methyl sites for hydroxylation is 1. The van der Waals surface area contributed by atoms with E-state index in [1.54, 1.807) is 6.20 Å². The summed E-state index contributed by atoms with van der Waals surface area (Å²) in [6, 6.07) is 10.2. The van der Waals surface area contributed by atoms with Crippen LogP contribution in [0, 0.1) is 0 Å². The highest BCUT2D eigenvalue weighted by molar-refractivity contribution is 5.51. The Morgan fingerprint density at radius 1 is 1.17 bits per heavy atom. The van der Waals surface area contributed by atoms with Crippen LogP contribution in [-0.2, 0) is 13.5 Å². The van der Waals surface area contributed by atoms with Crippen LogP contribution in [0.1, 0.15) is 11.3 Å². The molecule has 0 unspecified atom stereocenters. The summed E-state index contributed by atoms with van der Waals surface area (Å²) in [5.41, 5.74) is 2.12. The molecule has 0 aliphatic carbocycles. The minimum atomic E-state index is 0.742. The molecule has 1 aromatic carbocycles. The number of imidazole rings is 1. The van der Waals surface area contributed by atoms with Gasteiger partial charge in [0.05, 0.1) is 5.69 Å². The van der Waals surface area contributed by atoms with Crippen LogP contribution in [0.25, 0.3) is 11.6 Å². The summed E-state index contributed by atoms with van der Waals surface area (Å²) < 4.78 is 7.39. The van der Waals surface area contributed by atoms with Crippen molar-refractivity contribution in [3.63, 3.8) is 0 Å². The van der Waals surface area contributed by atoms with Gasteiger partial charge in [0.25, 0.3) is 0 Å². The van der Waals surface area contributed by atoms with Crippen LogP contribution < -0.4 is 0 Å². The van der Waals surface area contributed by atoms with Gasteiger partial charge in [-0.15, -0.1) is 0 Å². The molecule has 0 amide bonds. The molecule has 90 valence electrons. The normalized spacial score (nSPS) is 10.7. The van der Waals surface area contributed by atoms with Crippen LogP contribution in [-0.4, -0.2) is 14.5 Å².